The zero-order valence-corrected chi connectivity index (χ0v) is 17.2. The van der Waals surface area contributed by atoms with Crippen molar-refractivity contribution in [2.75, 3.05) is 0 Å². The maximum atomic E-state index is 12.1. The van der Waals surface area contributed by atoms with Crippen molar-refractivity contribution in [3.63, 3.8) is 0 Å². The fourth-order valence-electron chi connectivity index (χ4n) is 4.82. The summed E-state index contributed by atoms with van der Waals surface area (Å²) in [5.74, 6) is 1.22. The van der Waals surface area contributed by atoms with Crippen LogP contribution < -0.4 is 5.73 Å². The average molecular weight is 458 g/mol. The molecule has 1 amide bonds. The van der Waals surface area contributed by atoms with E-state index in [0.717, 1.165) is 34.0 Å². The molecule has 4 atom stereocenters. The summed E-state index contributed by atoms with van der Waals surface area (Å²) < 4.78 is 0.907. The third-order valence-electron chi connectivity index (χ3n) is 6.09. The number of pyridine rings is 1. The Morgan fingerprint density at radius 3 is 2.86 bits per heavy atom. The molecule has 1 aromatic carbocycles. The van der Waals surface area contributed by atoms with Gasteiger partial charge in [-0.2, -0.15) is 0 Å². The number of nitrogens with one attached hydrogen (secondary N) is 1. The topological polar surface area (TPSA) is 84.7 Å². The average Bonchev–Trinajstić information content (AvgIpc) is 3.38. The number of nitrogens with zero attached hydrogens (tertiary/aromatic N) is 2. The van der Waals surface area contributed by atoms with E-state index in [4.69, 9.17) is 17.3 Å². The first-order valence-electron chi connectivity index (χ1n) is 9.28. The van der Waals surface area contributed by atoms with Crippen molar-refractivity contribution < 1.29 is 4.79 Å². The summed E-state index contributed by atoms with van der Waals surface area (Å²) in [4.78, 5) is 24.6. The maximum Gasteiger partial charge on any atom is 0.221 e. The maximum absolute atomic E-state index is 12.1. The third kappa shape index (κ3) is 2.78. The van der Waals surface area contributed by atoms with E-state index in [1.54, 1.807) is 6.20 Å². The van der Waals surface area contributed by atoms with E-state index in [9.17, 15) is 4.79 Å². The first kappa shape index (κ1) is 17.9. The Balaban J connectivity index is 1.58. The van der Waals surface area contributed by atoms with Crippen molar-refractivity contribution in [3.05, 3.63) is 57.7 Å². The molecule has 28 heavy (non-hydrogen) atoms. The molecule has 3 aromatic rings. The van der Waals surface area contributed by atoms with Crippen molar-refractivity contribution in [2.45, 2.75) is 12.8 Å². The summed E-state index contributed by atoms with van der Waals surface area (Å²) in [6.07, 6.45) is 7.92. The van der Waals surface area contributed by atoms with Gasteiger partial charge in [0, 0.05) is 22.2 Å². The Labute approximate surface area is 175 Å². The van der Waals surface area contributed by atoms with E-state index < -0.39 is 0 Å². The van der Waals surface area contributed by atoms with Crippen LogP contribution in [0.2, 0.25) is 5.02 Å². The second-order valence-corrected chi connectivity index (χ2v) is 8.85. The van der Waals surface area contributed by atoms with Crippen molar-refractivity contribution in [2.24, 2.45) is 29.4 Å². The number of hydrogen-bond acceptors (Lipinski definition) is 3. The molecule has 1 saturated carbocycles. The number of fused-ring (bicyclic) bond motifs is 3. The van der Waals surface area contributed by atoms with Crippen LogP contribution in [0.3, 0.4) is 0 Å². The Kier molecular flexibility index (Phi) is 4.29. The second kappa shape index (κ2) is 6.71. The highest BCUT2D eigenvalue weighted by Crippen LogP contribution is 2.50. The van der Waals surface area contributed by atoms with Gasteiger partial charge in [0.1, 0.15) is 5.82 Å². The SMILES string of the molecule is NC(=O)[C@@H]1[C@H](Cc2c(Br)cnc3nc(-c4ccccc4Cl)[nH]c23)[C@H]2C=C[C@@H]1C2. The number of aromatic nitrogens is 3. The predicted octanol–water partition coefficient (Wildman–Crippen LogP) is 4.51. The fourth-order valence-corrected chi connectivity index (χ4v) is 5.51. The van der Waals surface area contributed by atoms with E-state index >= 15 is 0 Å². The number of carbonyl (C=O) groups is 1. The molecule has 5 nitrogen and oxygen atoms in total. The predicted molar refractivity (Wildman–Crippen MR) is 113 cm³/mol. The number of carbonyl (C=O) groups excluding carboxylic acids is 1. The van der Waals surface area contributed by atoms with Gasteiger partial charge in [-0.1, -0.05) is 35.9 Å². The zero-order valence-electron chi connectivity index (χ0n) is 14.9. The first-order valence-corrected chi connectivity index (χ1v) is 10.5. The molecule has 0 radical (unpaired) electrons. The second-order valence-electron chi connectivity index (χ2n) is 7.59. The standard InChI is InChI=1S/C21H18BrClN4O/c22-15-9-25-21-18(26-20(27-21)12-3-1-2-4-16(12)23)14(15)8-13-10-5-6-11(7-10)17(13)19(24)28/h1-6,9-11,13,17H,7-8H2,(H2,24,28)(H,25,26,27)/t10-,11+,13+,17-/m0/s1. The molecule has 142 valence electrons. The minimum Gasteiger partial charge on any atom is -0.369 e. The number of allylic oxidation sites excluding steroid dienone is 2. The lowest BCUT2D eigenvalue weighted by Crippen LogP contribution is -2.34. The number of rotatable bonds is 4. The quantitative estimate of drug-likeness (QED) is 0.565. The number of aromatic amines is 1. The van der Waals surface area contributed by atoms with Gasteiger partial charge in [-0.3, -0.25) is 4.79 Å². The number of primary amides is 1. The Morgan fingerprint density at radius 2 is 2.07 bits per heavy atom. The van der Waals surface area contributed by atoms with E-state index in [2.05, 4.69) is 43.0 Å². The van der Waals surface area contributed by atoms with Gasteiger partial charge in [0.05, 0.1) is 10.5 Å². The molecule has 2 aliphatic rings. The van der Waals surface area contributed by atoms with Gasteiger partial charge in [0.15, 0.2) is 5.65 Å². The summed E-state index contributed by atoms with van der Waals surface area (Å²) >= 11 is 9.99. The summed E-state index contributed by atoms with van der Waals surface area (Å²) in [5.41, 5.74) is 9.17. The van der Waals surface area contributed by atoms with Gasteiger partial charge < -0.3 is 10.7 Å². The van der Waals surface area contributed by atoms with Gasteiger partial charge in [0.25, 0.3) is 0 Å². The van der Waals surface area contributed by atoms with Gasteiger partial charge in [-0.05, 0) is 64.2 Å². The van der Waals surface area contributed by atoms with E-state index in [1.165, 1.54) is 0 Å². The fraction of sp³-hybridized carbons (Fsp3) is 0.286. The smallest absolute Gasteiger partial charge is 0.221 e. The minimum absolute atomic E-state index is 0.115. The molecule has 0 saturated heterocycles. The highest BCUT2D eigenvalue weighted by atomic mass is 79.9. The number of hydrogen-bond donors (Lipinski definition) is 2. The lowest BCUT2D eigenvalue weighted by molar-refractivity contribution is -0.123. The van der Waals surface area contributed by atoms with Crippen LogP contribution in [0.25, 0.3) is 22.6 Å². The molecule has 2 bridgehead atoms. The molecule has 0 spiro atoms. The molecule has 3 N–H and O–H groups in total. The molecule has 2 aliphatic carbocycles. The van der Waals surface area contributed by atoms with Gasteiger partial charge in [-0.15, -0.1) is 0 Å². The molecule has 0 aliphatic heterocycles. The number of imidazole rings is 1. The largest absolute Gasteiger partial charge is 0.369 e. The van der Waals surface area contributed by atoms with Gasteiger partial charge >= 0.3 is 0 Å². The van der Waals surface area contributed by atoms with Crippen LogP contribution in [0.1, 0.15) is 12.0 Å². The number of halogens is 2. The lowest BCUT2D eigenvalue weighted by Gasteiger charge is -2.26. The van der Waals surface area contributed by atoms with Crippen molar-refractivity contribution in [1.29, 1.82) is 0 Å². The van der Waals surface area contributed by atoms with Gasteiger partial charge in [0.2, 0.25) is 5.91 Å². The number of benzene rings is 1. The van der Waals surface area contributed by atoms with Crippen LogP contribution in [-0.4, -0.2) is 20.9 Å². The number of nitrogens with two attached hydrogens (primary N) is 1. The number of amides is 1. The molecule has 2 aromatic heterocycles. The summed E-state index contributed by atoms with van der Waals surface area (Å²) in [6.45, 7) is 0. The minimum atomic E-state index is -0.204. The lowest BCUT2D eigenvalue weighted by atomic mass is 9.79. The van der Waals surface area contributed by atoms with Crippen molar-refractivity contribution in [3.8, 4) is 11.4 Å². The molecular formula is C21H18BrClN4O. The van der Waals surface area contributed by atoms with Gasteiger partial charge in [-0.25, -0.2) is 9.97 Å². The van der Waals surface area contributed by atoms with Crippen LogP contribution in [0.4, 0.5) is 0 Å². The number of H-pyrrole nitrogens is 1. The van der Waals surface area contributed by atoms with Crippen molar-refractivity contribution >= 4 is 44.6 Å². The van der Waals surface area contributed by atoms with Crippen molar-refractivity contribution in [1.82, 2.24) is 15.0 Å². The molecule has 2 heterocycles. The molecular weight excluding hydrogens is 440 g/mol. The molecule has 7 heteroatoms. The summed E-state index contributed by atoms with van der Waals surface area (Å²) in [6, 6.07) is 7.59. The zero-order chi connectivity index (χ0) is 19.4. The highest BCUT2D eigenvalue weighted by Gasteiger charge is 2.47. The van der Waals surface area contributed by atoms with Crippen LogP contribution in [0, 0.1) is 23.7 Å². The Hall–Kier alpha value is -2.18. The van der Waals surface area contributed by atoms with Crippen LogP contribution >= 0.6 is 27.5 Å². The normalized spacial score (nSPS) is 25.6. The van der Waals surface area contributed by atoms with E-state index in [1.807, 2.05) is 24.3 Å². The van der Waals surface area contributed by atoms with Crippen LogP contribution in [-0.2, 0) is 11.2 Å². The first-order chi connectivity index (χ1) is 13.5. The van der Waals surface area contributed by atoms with E-state index in [-0.39, 0.29) is 23.7 Å². The summed E-state index contributed by atoms with van der Waals surface area (Å²) in [7, 11) is 0. The van der Waals surface area contributed by atoms with E-state index in [0.29, 0.717) is 22.4 Å². The monoisotopic (exact) mass is 456 g/mol. The Morgan fingerprint density at radius 1 is 1.29 bits per heavy atom. The molecule has 5 rings (SSSR count). The summed E-state index contributed by atoms with van der Waals surface area (Å²) in [5, 5.41) is 0.634. The Bertz CT molecular complexity index is 1120. The van der Waals surface area contributed by atoms with Crippen LogP contribution in [0.15, 0.2) is 47.1 Å². The molecule has 0 unspecified atom stereocenters. The van der Waals surface area contributed by atoms with Crippen LogP contribution in [0.5, 0.6) is 0 Å². The highest BCUT2D eigenvalue weighted by molar-refractivity contribution is 9.10. The third-order valence-corrected chi connectivity index (χ3v) is 7.11. The molecule has 1 fully saturated rings.